The third kappa shape index (κ3) is 7.51. The zero-order chi connectivity index (χ0) is 26.8. The van der Waals surface area contributed by atoms with Gasteiger partial charge in [-0.1, -0.05) is 49.4 Å². The average molecular weight is 511 g/mol. The second-order valence-electron chi connectivity index (χ2n) is 8.54. The Labute approximate surface area is 213 Å². The fourth-order valence-electron chi connectivity index (χ4n) is 3.55. The Morgan fingerprint density at radius 3 is 2.54 bits per heavy atom. The molecule has 37 heavy (non-hydrogen) atoms. The van der Waals surface area contributed by atoms with Gasteiger partial charge < -0.3 is 20.1 Å². The second-order valence-corrected chi connectivity index (χ2v) is 8.54. The summed E-state index contributed by atoms with van der Waals surface area (Å²) < 4.78 is 12.2. The van der Waals surface area contributed by atoms with Gasteiger partial charge in [-0.2, -0.15) is 0 Å². The second kappa shape index (κ2) is 13.0. The van der Waals surface area contributed by atoms with Gasteiger partial charge in [-0.05, 0) is 30.5 Å². The first-order chi connectivity index (χ1) is 17.8. The number of urea groups is 1. The van der Waals surface area contributed by atoms with Crippen molar-refractivity contribution < 1.29 is 29.1 Å². The van der Waals surface area contributed by atoms with Gasteiger partial charge >= 0.3 is 12.0 Å². The van der Waals surface area contributed by atoms with Gasteiger partial charge in [-0.15, -0.1) is 5.10 Å². The summed E-state index contributed by atoms with van der Waals surface area (Å²) in [6.07, 6.45) is 1.99. The molecule has 0 bridgehead atoms. The van der Waals surface area contributed by atoms with E-state index in [1.165, 1.54) is 11.8 Å². The molecule has 1 atom stereocenters. The molecule has 196 valence electrons. The summed E-state index contributed by atoms with van der Waals surface area (Å²) in [6.45, 7) is 3.83. The SMILES string of the molecule is COc1ccccc1C(=O)OCc1ccccc1-n1cc(CNC(=O)N[C@@H](CC(C)C)C(=O)NO)nn1. The van der Waals surface area contributed by atoms with Crippen molar-refractivity contribution in [2.75, 3.05) is 7.11 Å². The molecular formula is C25H30N6O6. The van der Waals surface area contributed by atoms with Crippen LogP contribution in [-0.4, -0.2) is 51.3 Å². The van der Waals surface area contributed by atoms with E-state index in [2.05, 4.69) is 20.9 Å². The Balaban J connectivity index is 1.62. The number of nitrogens with one attached hydrogen (secondary N) is 3. The number of hydrogen-bond donors (Lipinski definition) is 4. The first-order valence-electron chi connectivity index (χ1n) is 11.6. The lowest BCUT2D eigenvalue weighted by Crippen LogP contribution is -2.49. The first-order valence-corrected chi connectivity index (χ1v) is 11.6. The third-order valence-corrected chi connectivity index (χ3v) is 5.33. The van der Waals surface area contributed by atoms with E-state index in [0.29, 0.717) is 34.7 Å². The quantitative estimate of drug-likeness (QED) is 0.174. The van der Waals surface area contributed by atoms with E-state index in [-0.39, 0.29) is 19.1 Å². The van der Waals surface area contributed by atoms with E-state index in [1.54, 1.807) is 48.1 Å². The molecule has 4 N–H and O–H groups in total. The first kappa shape index (κ1) is 27.1. The molecule has 0 spiro atoms. The van der Waals surface area contributed by atoms with E-state index >= 15 is 0 Å². The minimum atomic E-state index is -0.883. The molecule has 12 nitrogen and oxygen atoms in total. The van der Waals surface area contributed by atoms with E-state index in [4.69, 9.17) is 14.7 Å². The largest absolute Gasteiger partial charge is 0.496 e. The number of para-hydroxylation sites is 2. The van der Waals surface area contributed by atoms with E-state index in [9.17, 15) is 14.4 Å². The Bertz CT molecular complexity index is 1230. The van der Waals surface area contributed by atoms with E-state index < -0.39 is 23.9 Å². The van der Waals surface area contributed by atoms with Crippen LogP contribution in [0.5, 0.6) is 5.75 Å². The Hall–Kier alpha value is -4.45. The number of aromatic nitrogens is 3. The van der Waals surface area contributed by atoms with Gasteiger partial charge in [-0.25, -0.2) is 19.8 Å². The fourth-order valence-corrected chi connectivity index (χ4v) is 3.55. The van der Waals surface area contributed by atoms with Crippen LogP contribution in [0.2, 0.25) is 0 Å². The van der Waals surface area contributed by atoms with Crippen LogP contribution in [0.3, 0.4) is 0 Å². The van der Waals surface area contributed by atoms with Crippen molar-refractivity contribution in [3.8, 4) is 11.4 Å². The molecule has 0 saturated heterocycles. The van der Waals surface area contributed by atoms with Crippen LogP contribution in [0.25, 0.3) is 5.69 Å². The predicted molar refractivity (Wildman–Crippen MR) is 132 cm³/mol. The van der Waals surface area contributed by atoms with Crippen molar-refractivity contribution in [3.63, 3.8) is 0 Å². The molecule has 3 amide bonds. The van der Waals surface area contributed by atoms with Gasteiger partial charge in [0.1, 0.15) is 29.7 Å². The van der Waals surface area contributed by atoms with Crippen molar-refractivity contribution in [1.29, 1.82) is 0 Å². The van der Waals surface area contributed by atoms with Crippen molar-refractivity contribution in [2.45, 2.75) is 39.5 Å². The molecule has 0 fully saturated rings. The van der Waals surface area contributed by atoms with Gasteiger partial charge in [0, 0.05) is 5.56 Å². The van der Waals surface area contributed by atoms with E-state index in [0.717, 1.165) is 0 Å². The number of nitrogens with zero attached hydrogens (tertiary/aromatic N) is 3. The fraction of sp³-hybridized carbons (Fsp3) is 0.320. The molecule has 0 aliphatic heterocycles. The minimum Gasteiger partial charge on any atom is -0.496 e. The standard InChI is InChI=1S/C25H30N6O6/c1-16(2)12-20(23(32)29-35)27-25(34)26-13-18-14-31(30-28-18)21-10-6-4-8-17(21)15-37-24(33)19-9-5-7-11-22(19)36-3/h4-11,14,16,20,35H,12-13,15H2,1-3H3,(H,29,32)(H2,26,27,34)/t20-/m0/s1. The lowest BCUT2D eigenvalue weighted by Gasteiger charge is -2.18. The molecular weight excluding hydrogens is 480 g/mol. The van der Waals surface area contributed by atoms with Crippen molar-refractivity contribution in [3.05, 3.63) is 71.5 Å². The van der Waals surface area contributed by atoms with Crippen LogP contribution in [0.1, 0.15) is 41.9 Å². The van der Waals surface area contributed by atoms with Crippen LogP contribution in [-0.2, 0) is 22.7 Å². The summed E-state index contributed by atoms with van der Waals surface area (Å²) in [5, 5.41) is 22.2. The lowest BCUT2D eigenvalue weighted by molar-refractivity contribution is -0.131. The summed E-state index contributed by atoms with van der Waals surface area (Å²) >= 11 is 0. The summed E-state index contributed by atoms with van der Waals surface area (Å²) in [5.74, 6) is -0.674. The highest BCUT2D eigenvalue weighted by Crippen LogP contribution is 2.20. The lowest BCUT2D eigenvalue weighted by atomic mass is 10.0. The average Bonchev–Trinajstić information content (AvgIpc) is 3.38. The van der Waals surface area contributed by atoms with Crippen LogP contribution in [0.15, 0.2) is 54.7 Å². The maximum absolute atomic E-state index is 12.6. The molecule has 0 aliphatic carbocycles. The third-order valence-electron chi connectivity index (χ3n) is 5.33. The number of carbonyl (C=O) groups is 3. The number of ether oxygens (including phenoxy) is 2. The topological polar surface area (TPSA) is 157 Å². The molecule has 0 saturated carbocycles. The molecule has 0 unspecified atom stereocenters. The van der Waals surface area contributed by atoms with Gasteiger partial charge in [0.2, 0.25) is 0 Å². The number of esters is 1. The molecule has 1 aromatic heterocycles. The molecule has 1 heterocycles. The van der Waals surface area contributed by atoms with Gasteiger partial charge in [-0.3, -0.25) is 10.0 Å². The van der Waals surface area contributed by atoms with Crippen LogP contribution in [0.4, 0.5) is 4.79 Å². The minimum absolute atomic E-state index is 0.00688. The van der Waals surface area contributed by atoms with Crippen LogP contribution < -0.4 is 20.9 Å². The number of methoxy groups -OCH3 is 1. The zero-order valence-corrected chi connectivity index (χ0v) is 20.8. The van der Waals surface area contributed by atoms with Crippen molar-refractivity contribution >= 4 is 17.9 Å². The Morgan fingerprint density at radius 2 is 1.81 bits per heavy atom. The van der Waals surface area contributed by atoms with Gasteiger partial charge in [0.25, 0.3) is 5.91 Å². The predicted octanol–water partition coefficient (Wildman–Crippen LogP) is 2.35. The number of hydroxylamine groups is 1. The highest BCUT2D eigenvalue weighted by Gasteiger charge is 2.21. The Kier molecular flexibility index (Phi) is 9.55. The summed E-state index contributed by atoms with van der Waals surface area (Å²) in [4.78, 5) is 36.6. The van der Waals surface area contributed by atoms with Gasteiger partial charge in [0.05, 0.1) is 25.5 Å². The number of rotatable bonds is 11. The molecule has 3 aromatic rings. The number of hydrogen-bond acceptors (Lipinski definition) is 8. The number of carbonyl (C=O) groups excluding carboxylic acids is 3. The highest BCUT2D eigenvalue weighted by molar-refractivity contribution is 5.92. The van der Waals surface area contributed by atoms with Crippen molar-refractivity contribution in [1.82, 2.24) is 31.1 Å². The van der Waals surface area contributed by atoms with Crippen LogP contribution in [0, 0.1) is 5.92 Å². The monoisotopic (exact) mass is 510 g/mol. The maximum atomic E-state index is 12.6. The van der Waals surface area contributed by atoms with E-state index in [1.807, 2.05) is 26.0 Å². The smallest absolute Gasteiger partial charge is 0.342 e. The molecule has 12 heteroatoms. The van der Waals surface area contributed by atoms with Gasteiger partial charge in [0.15, 0.2) is 0 Å². The number of benzene rings is 2. The molecule has 0 radical (unpaired) electrons. The normalized spacial score (nSPS) is 11.5. The summed E-state index contributed by atoms with van der Waals surface area (Å²) in [7, 11) is 1.48. The van der Waals surface area contributed by atoms with Crippen molar-refractivity contribution in [2.24, 2.45) is 5.92 Å². The van der Waals surface area contributed by atoms with Crippen LogP contribution >= 0.6 is 0 Å². The summed E-state index contributed by atoms with van der Waals surface area (Å²) in [6, 6.07) is 12.6. The zero-order valence-electron chi connectivity index (χ0n) is 20.8. The molecule has 0 aliphatic rings. The maximum Gasteiger partial charge on any atom is 0.342 e. The Morgan fingerprint density at radius 1 is 1.08 bits per heavy atom. The number of amides is 3. The highest BCUT2D eigenvalue weighted by atomic mass is 16.5. The summed E-state index contributed by atoms with van der Waals surface area (Å²) in [5.41, 5.74) is 3.69. The molecule has 3 rings (SSSR count). The molecule has 2 aromatic carbocycles.